The van der Waals surface area contributed by atoms with Crippen LogP contribution in [0.1, 0.15) is 36.2 Å². The number of hydrogen-bond donors (Lipinski definition) is 1. The Morgan fingerprint density at radius 2 is 1.69 bits per heavy atom. The molecule has 36 heavy (non-hydrogen) atoms. The van der Waals surface area contributed by atoms with Crippen LogP contribution >= 0.6 is 11.6 Å². The number of benzene rings is 3. The van der Waals surface area contributed by atoms with E-state index in [0.29, 0.717) is 54.1 Å². The monoisotopic (exact) mass is 505 g/mol. The van der Waals surface area contributed by atoms with E-state index in [1.54, 1.807) is 24.3 Å². The fourth-order valence-electron chi connectivity index (χ4n) is 4.19. The summed E-state index contributed by atoms with van der Waals surface area (Å²) in [6.07, 6.45) is 0.581. The molecule has 4 rings (SSSR count). The molecular weight excluding hydrogens is 474 g/mol. The number of anilines is 2. The van der Waals surface area contributed by atoms with E-state index in [9.17, 15) is 9.59 Å². The van der Waals surface area contributed by atoms with Crippen LogP contribution in [0.25, 0.3) is 0 Å². The second kappa shape index (κ2) is 12.0. The molecule has 3 aromatic rings. The predicted molar refractivity (Wildman–Crippen MR) is 145 cm³/mol. The van der Waals surface area contributed by atoms with Crippen molar-refractivity contribution in [1.82, 2.24) is 4.90 Å². The number of carbonyl (C=O) groups excluding carboxylic acids is 2. The van der Waals surface area contributed by atoms with Crippen LogP contribution in [0.5, 0.6) is 5.75 Å². The molecule has 1 saturated heterocycles. The smallest absolute Gasteiger partial charge is 0.255 e. The van der Waals surface area contributed by atoms with Gasteiger partial charge in [0.15, 0.2) is 0 Å². The summed E-state index contributed by atoms with van der Waals surface area (Å²) in [5, 5.41) is 3.48. The molecule has 188 valence electrons. The second-order valence-electron chi connectivity index (χ2n) is 9.39. The Morgan fingerprint density at radius 1 is 0.944 bits per heavy atom. The van der Waals surface area contributed by atoms with Gasteiger partial charge < -0.3 is 19.9 Å². The number of ether oxygens (including phenoxy) is 1. The predicted octanol–water partition coefficient (Wildman–Crippen LogP) is 5.87. The molecule has 1 heterocycles. The average molecular weight is 506 g/mol. The Balaban J connectivity index is 1.34. The second-order valence-corrected chi connectivity index (χ2v) is 9.80. The molecule has 0 atom stereocenters. The summed E-state index contributed by atoms with van der Waals surface area (Å²) in [4.78, 5) is 29.3. The van der Waals surface area contributed by atoms with Crippen LogP contribution in [0.3, 0.4) is 0 Å². The number of nitrogens with zero attached hydrogens (tertiary/aromatic N) is 2. The molecule has 7 heteroatoms. The Hall–Kier alpha value is -3.51. The highest BCUT2D eigenvalue weighted by Crippen LogP contribution is 2.30. The van der Waals surface area contributed by atoms with Crippen LogP contribution < -0.4 is 15.0 Å². The topological polar surface area (TPSA) is 61.9 Å². The van der Waals surface area contributed by atoms with Crippen molar-refractivity contribution in [2.24, 2.45) is 5.92 Å². The van der Waals surface area contributed by atoms with Crippen molar-refractivity contribution in [3.8, 4) is 5.75 Å². The van der Waals surface area contributed by atoms with Crippen LogP contribution in [0.15, 0.2) is 72.8 Å². The van der Waals surface area contributed by atoms with Gasteiger partial charge in [-0.2, -0.15) is 0 Å². The van der Waals surface area contributed by atoms with Crippen LogP contribution in [-0.4, -0.2) is 42.9 Å². The third-order valence-electron chi connectivity index (χ3n) is 6.11. The fourth-order valence-corrected chi connectivity index (χ4v) is 4.49. The molecule has 1 aliphatic rings. The highest BCUT2D eigenvalue weighted by molar-refractivity contribution is 6.33. The average Bonchev–Trinajstić information content (AvgIpc) is 2.88. The largest absolute Gasteiger partial charge is 0.489 e. The highest BCUT2D eigenvalue weighted by Gasteiger charge is 2.23. The quantitative estimate of drug-likeness (QED) is 0.416. The van der Waals surface area contributed by atoms with E-state index < -0.39 is 0 Å². The first-order valence-corrected chi connectivity index (χ1v) is 12.7. The summed E-state index contributed by atoms with van der Waals surface area (Å²) in [5.41, 5.74) is 3.09. The summed E-state index contributed by atoms with van der Waals surface area (Å²) >= 11 is 6.59. The van der Waals surface area contributed by atoms with E-state index >= 15 is 0 Å². The minimum atomic E-state index is -0.235. The lowest BCUT2D eigenvalue weighted by molar-refractivity contribution is -0.132. The van der Waals surface area contributed by atoms with Gasteiger partial charge in [0, 0.05) is 43.9 Å². The molecule has 0 saturated carbocycles. The molecular formula is C29H32ClN3O3. The van der Waals surface area contributed by atoms with Crippen molar-refractivity contribution in [1.29, 1.82) is 0 Å². The van der Waals surface area contributed by atoms with E-state index in [4.69, 9.17) is 16.3 Å². The van der Waals surface area contributed by atoms with Crippen molar-refractivity contribution in [2.75, 3.05) is 36.4 Å². The third kappa shape index (κ3) is 6.79. The number of nitrogens with one attached hydrogen (secondary N) is 1. The van der Waals surface area contributed by atoms with Gasteiger partial charge in [-0.1, -0.05) is 61.8 Å². The van der Waals surface area contributed by atoms with E-state index in [1.165, 1.54) is 0 Å². The summed E-state index contributed by atoms with van der Waals surface area (Å²) < 4.78 is 5.84. The zero-order valence-corrected chi connectivity index (χ0v) is 21.5. The molecule has 1 N–H and O–H groups in total. The number of piperazine rings is 1. The van der Waals surface area contributed by atoms with E-state index in [0.717, 1.165) is 24.3 Å². The number of carbonyl (C=O) groups is 2. The Kier molecular flexibility index (Phi) is 8.49. The Labute approximate surface area is 217 Å². The maximum Gasteiger partial charge on any atom is 0.255 e. The van der Waals surface area contributed by atoms with Gasteiger partial charge in [-0.15, -0.1) is 0 Å². The van der Waals surface area contributed by atoms with Crippen LogP contribution in [0.4, 0.5) is 11.4 Å². The summed E-state index contributed by atoms with van der Waals surface area (Å²) in [5.74, 6) is 0.965. The molecule has 0 aromatic heterocycles. The van der Waals surface area contributed by atoms with Gasteiger partial charge in [0.1, 0.15) is 12.4 Å². The van der Waals surface area contributed by atoms with Crippen LogP contribution in [0.2, 0.25) is 5.02 Å². The maximum absolute atomic E-state index is 12.9. The molecule has 1 fully saturated rings. The van der Waals surface area contributed by atoms with Crippen LogP contribution in [0, 0.1) is 5.92 Å². The van der Waals surface area contributed by atoms with Gasteiger partial charge >= 0.3 is 0 Å². The Bertz CT molecular complexity index is 1190. The maximum atomic E-state index is 12.9. The normalized spacial score (nSPS) is 13.6. The molecule has 2 amide bonds. The van der Waals surface area contributed by atoms with E-state index in [1.807, 2.05) is 53.4 Å². The summed E-state index contributed by atoms with van der Waals surface area (Å²) in [6, 6.07) is 22.5. The summed E-state index contributed by atoms with van der Waals surface area (Å²) in [7, 11) is 0. The van der Waals surface area contributed by atoms with Gasteiger partial charge in [-0.25, -0.2) is 0 Å². The SMILES string of the molecule is CC(C)CC(=O)N1CCN(c2ccc(NC(=O)c3cccc(OCc4ccccc4)c3)cc2Cl)CC1. The zero-order valence-electron chi connectivity index (χ0n) is 20.7. The number of amides is 2. The molecule has 0 unspecified atom stereocenters. The number of halogens is 1. The first-order valence-electron chi connectivity index (χ1n) is 12.3. The minimum absolute atomic E-state index is 0.211. The molecule has 0 spiro atoms. The van der Waals surface area contributed by atoms with Crippen molar-refractivity contribution in [3.05, 3.63) is 88.9 Å². The molecule has 0 radical (unpaired) electrons. The van der Waals surface area contributed by atoms with Gasteiger partial charge in [0.2, 0.25) is 5.91 Å². The van der Waals surface area contributed by atoms with Crippen molar-refractivity contribution in [3.63, 3.8) is 0 Å². The highest BCUT2D eigenvalue weighted by atomic mass is 35.5. The van der Waals surface area contributed by atoms with Crippen molar-refractivity contribution >= 4 is 34.8 Å². The van der Waals surface area contributed by atoms with E-state index in [-0.39, 0.29) is 11.8 Å². The molecule has 3 aromatic carbocycles. The molecule has 6 nitrogen and oxygen atoms in total. The molecule has 0 bridgehead atoms. The van der Waals surface area contributed by atoms with E-state index in [2.05, 4.69) is 24.1 Å². The van der Waals surface area contributed by atoms with Gasteiger partial charge in [-0.05, 0) is 47.9 Å². The molecule has 0 aliphatic carbocycles. The standard InChI is InChI=1S/C29H32ClN3O3/c1-21(2)17-28(34)33-15-13-32(14-16-33)27-12-11-24(19-26(27)30)31-29(35)23-9-6-10-25(18-23)36-20-22-7-4-3-5-8-22/h3-12,18-19,21H,13-17,20H2,1-2H3,(H,31,35). The lowest BCUT2D eigenvalue weighted by Gasteiger charge is -2.36. The van der Waals surface area contributed by atoms with Gasteiger partial charge in [0.25, 0.3) is 5.91 Å². The number of hydrogen-bond acceptors (Lipinski definition) is 4. The third-order valence-corrected chi connectivity index (χ3v) is 6.41. The van der Waals surface area contributed by atoms with Crippen LogP contribution in [-0.2, 0) is 11.4 Å². The van der Waals surface area contributed by atoms with Gasteiger partial charge in [-0.3, -0.25) is 9.59 Å². The minimum Gasteiger partial charge on any atom is -0.489 e. The molecule has 1 aliphatic heterocycles. The van der Waals surface area contributed by atoms with Crippen molar-refractivity contribution < 1.29 is 14.3 Å². The van der Waals surface area contributed by atoms with Crippen molar-refractivity contribution in [2.45, 2.75) is 26.9 Å². The number of rotatable bonds is 8. The zero-order chi connectivity index (χ0) is 25.5. The first kappa shape index (κ1) is 25.6. The summed E-state index contributed by atoms with van der Waals surface area (Å²) in [6.45, 7) is 7.38. The lowest BCUT2D eigenvalue weighted by Crippen LogP contribution is -2.49. The lowest BCUT2D eigenvalue weighted by atomic mass is 10.1. The Morgan fingerprint density at radius 3 is 2.39 bits per heavy atom. The first-order chi connectivity index (χ1) is 17.4. The fraction of sp³-hybridized carbons (Fsp3) is 0.310. The van der Waals surface area contributed by atoms with Gasteiger partial charge in [0.05, 0.1) is 10.7 Å².